The van der Waals surface area contributed by atoms with E-state index >= 15 is 0 Å². The van der Waals surface area contributed by atoms with Gasteiger partial charge < -0.3 is 25.7 Å². The molecule has 2 aliphatic rings. The second kappa shape index (κ2) is 5.04. The molecule has 8 heteroatoms. The maximum Gasteiger partial charge on any atom is 0.326 e. The average molecular weight is 271 g/mol. The number of nitrogens with zero attached hydrogens (tertiary/aromatic N) is 2. The van der Waals surface area contributed by atoms with Crippen LogP contribution in [0.1, 0.15) is 12.8 Å². The number of β-amino-alcohol motifs (C(OH)–C–C–N with tert-alkyl or cyclic N) is 1. The third-order valence-electron chi connectivity index (χ3n) is 3.67. The number of urea groups is 1. The maximum atomic E-state index is 12.2. The van der Waals surface area contributed by atoms with Gasteiger partial charge in [-0.05, 0) is 6.42 Å². The summed E-state index contributed by atoms with van der Waals surface area (Å²) in [5.41, 5.74) is 5.19. The Labute approximate surface area is 109 Å². The number of nitrogens with two attached hydrogens (primary N) is 1. The van der Waals surface area contributed by atoms with E-state index in [0.29, 0.717) is 13.0 Å². The van der Waals surface area contributed by atoms with Gasteiger partial charge in [-0.1, -0.05) is 0 Å². The normalized spacial score (nSPS) is 30.7. The number of hydrogen-bond donors (Lipinski definition) is 3. The molecule has 2 fully saturated rings. The summed E-state index contributed by atoms with van der Waals surface area (Å²) in [5, 5.41) is 18.5. The lowest BCUT2D eigenvalue weighted by molar-refractivity contribution is -0.141. The predicted octanol–water partition coefficient (Wildman–Crippen LogP) is -1.57. The maximum absolute atomic E-state index is 12.2. The molecule has 106 valence electrons. The number of aliphatic carboxylic acids is 1. The van der Waals surface area contributed by atoms with Crippen LogP contribution in [0.5, 0.6) is 0 Å². The smallest absolute Gasteiger partial charge is 0.326 e. The molecule has 0 bridgehead atoms. The van der Waals surface area contributed by atoms with Crippen molar-refractivity contribution in [2.24, 2.45) is 11.7 Å². The molecule has 2 heterocycles. The first-order valence-corrected chi connectivity index (χ1v) is 6.16. The Bertz CT molecular complexity index is 413. The number of aliphatic hydroxyl groups excluding tert-OH is 1. The summed E-state index contributed by atoms with van der Waals surface area (Å²) < 4.78 is 0. The van der Waals surface area contributed by atoms with Gasteiger partial charge in [0, 0.05) is 26.1 Å². The van der Waals surface area contributed by atoms with Gasteiger partial charge >= 0.3 is 12.0 Å². The summed E-state index contributed by atoms with van der Waals surface area (Å²) in [6.07, 6.45) is -0.289. The summed E-state index contributed by atoms with van der Waals surface area (Å²) >= 11 is 0. The number of carbonyl (C=O) groups excluding carboxylic acids is 2. The summed E-state index contributed by atoms with van der Waals surface area (Å²) in [7, 11) is 0. The Morgan fingerprint density at radius 2 is 1.89 bits per heavy atom. The van der Waals surface area contributed by atoms with E-state index in [1.54, 1.807) is 0 Å². The van der Waals surface area contributed by atoms with E-state index < -0.39 is 30.1 Å². The van der Waals surface area contributed by atoms with Crippen molar-refractivity contribution in [1.82, 2.24) is 9.80 Å². The molecule has 0 aromatic rings. The Hall–Kier alpha value is -1.83. The molecule has 0 aromatic carbocycles. The Morgan fingerprint density at radius 3 is 2.42 bits per heavy atom. The molecular weight excluding hydrogens is 254 g/mol. The van der Waals surface area contributed by atoms with Gasteiger partial charge in [0.25, 0.3) is 0 Å². The fourth-order valence-electron chi connectivity index (χ4n) is 2.61. The summed E-state index contributed by atoms with van der Waals surface area (Å²) in [4.78, 5) is 36.9. The van der Waals surface area contributed by atoms with Crippen LogP contribution in [0.4, 0.5) is 4.79 Å². The van der Waals surface area contributed by atoms with E-state index in [2.05, 4.69) is 0 Å². The molecule has 0 saturated carbocycles. The van der Waals surface area contributed by atoms with Crippen LogP contribution in [-0.2, 0) is 9.59 Å². The van der Waals surface area contributed by atoms with Gasteiger partial charge in [0.1, 0.15) is 6.04 Å². The van der Waals surface area contributed by atoms with Gasteiger partial charge in [0.15, 0.2) is 0 Å². The van der Waals surface area contributed by atoms with E-state index in [1.807, 2.05) is 0 Å². The van der Waals surface area contributed by atoms with E-state index in [1.165, 1.54) is 4.90 Å². The number of likely N-dealkylation sites (tertiary alicyclic amines) is 2. The van der Waals surface area contributed by atoms with Crippen molar-refractivity contribution in [3.63, 3.8) is 0 Å². The average Bonchev–Trinajstić information content (AvgIpc) is 2.94. The first kappa shape index (κ1) is 13.6. The number of carboxylic acids is 1. The molecule has 0 radical (unpaired) electrons. The number of aliphatic hydroxyl groups is 1. The number of carboxylic acid groups (broad SMARTS) is 1. The second-order valence-corrected chi connectivity index (χ2v) is 5.01. The molecule has 0 spiro atoms. The largest absolute Gasteiger partial charge is 0.480 e. The second-order valence-electron chi connectivity index (χ2n) is 5.01. The first-order valence-electron chi connectivity index (χ1n) is 6.16. The van der Waals surface area contributed by atoms with E-state index in [0.717, 1.165) is 4.90 Å². The lowest BCUT2D eigenvalue weighted by Crippen LogP contribution is -2.47. The summed E-state index contributed by atoms with van der Waals surface area (Å²) in [5.74, 6) is -1.96. The predicted molar refractivity (Wildman–Crippen MR) is 63.0 cm³/mol. The molecule has 4 N–H and O–H groups in total. The van der Waals surface area contributed by atoms with Crippen molar-refractivity contribution in [2.45, 2.75) is 25.0 Å². The van der Waals surface area contributed by atoms with Crippen LogP contribution >= 0.6 is 0 Å². The Balaban J connectivity index is 2.03. The molecule has 1 unspecified atom stereocenters. The number of primary amides is 1. The van der Waals surface area contributed by atoms with Gasteiger partial charge in [0.2, 0.25) is 5.91 Å². The topological polar surface area (TPSA) is 124 Å². The third-order valence-corrected chi connectivity index (χ3v) is 3.67. The number of hydrogen-bond acceptors (Lipinski definition) is 4. The van der Waals surface area contributed by atoms with Gasteiger partial charge in [-0.15, -0.1) is 0 Å². The lowest BCUT2D eigenvalue weighted by Gasteiger charge is -2.27. The van der Waals surface area contributed by atoms with E-state index in [4.69, 9.17) is 10.8 Å². The quantitative estimate of drug-likeness (QED) is 0.560. The fourth-order valence-corrected chi connectivity index (χ4v) is 2.61. The molecule has 8 nitrogen and oxygen atoms in total. The third kappa shape index (κ3) is 2.62. The highest BCUT2D eigenvalue weighted by Crippen LogP contribution is 2.23. The number of amides is 3. The molecule has 2 rings (SSSR count). The van der Waals surface area contributed by atoms with Gasteiger partial charge in [-0.3, -0.25) is 4.79 Å². The molecule has 0 aromatic heterocycles. The zero-order valence-corrected chi connectivity index (χ0v) is 10.4. The molecule has 3 atom stereocenters. The monoisotopic (exact) mass is 271 g/mol. The van der Waals surface area contributed by atoms with Crippen molar-refractivity contribution < 1.29 is 24.6 Å². The summed E-state index contributed by atoms with van der Waals surface area (Å²) in [6.45, 7) is 0.603. The highest BCUT2D eigenvalue weighted by molar-refractivity contribution is 5.85. The van der Waals surface area contributed by atoms with E-state index in [9.17, 15) is 19.5 Å². The van der Waals surface area contributed by atoms with Crippen LogP contribution in [0.2, 0.25) is 0 Å². The van der Waals surface area contributed by atoms with E-state index in [-0.39, 0.29) is 25.4 Å². The van der Waals surface area contributed by atoms with Crippen LogP contribution in [-0.4, -0.2) is 69.7 Å². The number of carbonyl (C=O) groups is 3. The van der Waals surface area contributed by atoms with Crippen LogP contribution in [0.3, 0.4) is 0 Å². The van der Waals surface area contributed by atoms with Gasteiger partial charge in [-0.25, -0.2) is 9.59 Å². The SMILES string of the molecule is NC(=O)C1CCN(C(=O)N2C[C@@H](O)C[C@H]2C(=O)O)C1. The number of rotatable bonds is 2. The minimum Gasteiger partial charge on any atom is -0.480 e. The first-order chi connectivity index (χ1) is 8.90. The van der Waals surface area contributed by atoms with Crippen LogP contribution in [0.15, 0.2) is 0 Å². The Morgan fingerprint density at radius 1 is 1.21 bits per heavy atom. The van der Waals surface area contributed by atoms with Crippen molar-refractivity contribution in [3.05, 3.63) is 0 Å². The van der Waals surface area contributed by atoms with Crippen molar-refractivity contribution in [1.29, 1.82) is 0 Å². The van der Waals surface area contributed by atoms with Crippen LogP contribution in [0.25, 0.3) is 0 Å². The highest BCUT2D eigenvalue weighted by Gasteiger charge is 2.42. The van der Waals surface area contributed by atoms with Gasteiger partial charge in [-0.2, -0.15) is 0 Å². The molecule has 19 heavy (non-hydrogen) atoms. The molecule has 2 aliphatic heterocycles. The Kier molecular flexibility index (Phi) is 3.61. The summed E-state index contributed by atoms with van der Waals surface area (Å²) in [6, 6.07) is -1.46. The van der Waals surface area contributed by atoms with Crippen molar-refractivity contribution in [3.8, 4) is 0 Å². The highest BCUT2D eigenvalue weighted by atomic mass is 16.4. The standard InChI is InChI=1S/C11H17N3O5/c12-9(16)6-1-2-13(4-6)11(19)14-5-7(15)3-8(14)10(17)18/h6-8,15H,1-5H2,(H2,12,16)(H,17,18)/t6?,7-,8-/m0/s1. The minimum atomic E-state index is -1.13. The lowest BCUT2D eigenvalue weighted by atomic mass is 10.1. The van der Waals surface area contributed by atoms with Crippen molar-refractivity contribution >= 4 is 17.9 Å². The van der Waals surface area contributed by atoms with Crippen molar-refractivity contribution in [2.75, 3.05) is 19.6 Å². The van der Waals surface area contributed by atoms with Crippen LogP contribution in [0, 0.1) is 5.92 Å². The fraction of sp³-hybridized carbons (Fsp3) is 0.727. The molecular formula is C11H17N3O5. The minimum absolute atomic E-state index is 0.00748. The molecule has 0 aliphatic carbocycles. The van der Waals surface area contributed by atoms with Gasteiger partial charge in [0.05, 0.1) is 12.0 Å². The zero-order chi connectivity index (χ0) is 14.2. The molecule has 3 amide bonds. The van der Waals surface area contributed by atoms with Crippen LogP contribution < -0.4 is 5.73 Å². The molecule has 2 saturated heterocycles. The zero-order valence-electron chi connectivity index (χ0n) is 10.4.